The van der Waals surface area contributed by atoms with Crippen molar-refractivity contribution in [3.8, 4) is 0 Å². The second-order valence-electron chi connectivity index (χ2n) is 5.32. The van der Waals surface area contributed by atoms with E-state index in [9.17, 15) is 9.59 Å². The molecule has 1 aromatic heterocycles. The highest BCUT2D eigenvalue weighted by Crippen LogP contribution is 2.09. The van der Waals surface area contributed by atoms with E-state index in [4.69, 9.17) is 5.11 Å². The number of carboxylic acids is 1. The molecule has 21 heavy (non-hydrogen) atoms. The zero-order chi connectivity index (χ0) is 15.8. The fourth-order valence-corrected chi connectivity index (χ4v) is 1.98. The molecule has 116 valence electrons. The Morgan fingerprint density at radius 1 is 1.38 bits per heavy atom. The van der Waals surface area contributed by atoms with E-state index in [0.717, 1.165) is 12.8 Å². The third kappa shape index (κ3) is 6.25. The number of rotatable bonds is 7. The third-order valence-electron chi connectivity index (χ3n) is 3.32. The van der Waals surface area contributed by atoms with Crippen LogP contribution in [0, 0.1) is 5.92 Å². The normalized spacial score (nSPS) is 13.3. The van der Waals surface area contributed by atoms with Crippen LogP contribution in [0.1, 0.15) is 49.7 Å². The van der Waals surface area contributed by atoms with Gasteiger partial charge in [-0.2, -0.15) is 0 Å². The molecule has 0 bridgehead atoms. The third-order valence-corrected chi connectivity index (χ3v) is 3.32. The van der Waals surface area contributed by atoms with Crippen molar-refractivity contribution in [3.05, 3.63) is 29.6 Å². The highest BCUT2D eigenvalue weighted by Gasteiger charge is 2.10. The molecule has 0 saturated heterocycles. The molecule has 0 spiro atoms. The van der Waals surface area contributed by atoms with Gasteiger partial charge in [0.2, 0.25) is 0 Å². The van der Waals surface area contributed by atoms with Gasteiger partial charge in [0.25, 0.3) is 0 Å². The number of nitrogens with one attached hydrogen (secondary N) is 2. The quantitative estimate of drug-likeness (QED) is 0.720. The molecule has 0 fully saturated rings. The summed E-state index contributed by atoms with van der Waals surface area (Å²) in [6, 6.07) is 2.69. The van der Waals surface area contributed by atoms with Crippen LogP contribution in [-0.2, 0) is 6.54 Å². The fraction of sp³-hybridized carbons (Fsp3) is 0.533. The van der Waals surface area contributed by atoms with E-state index in [0.29, 0.717) is 11.6 Å². The monoisotopic (exact) mass is 293 g/mol. The average Bonchev–Trinajstić information content (AvgIpc) is 2.45. The Bertz CT molecular complexity index is 491. The van der Waals surface area contributed by atoms with Crippen LogP contribution >= 0.6 is 0 Å². The van der Waals surface area contributed by atoms with E-state index in [-0.39, 0.29) is 24.2 Å². The molecule has 0 aliphatic heterocycles. The lowest BCUT2D eigenvalue weighted by molar-refractivity contribution is 0.0696. The van der Waals surface area contributed by atoms with Gasteiger partial charge >= 0.3 is 12.0 Å². The van der Waals surface area contributed by atoms with Gasteiger partial charge in [-0.15, -0.1) is 0 Å². The summed E-state index contributed by atoms with van der Waals surface area (Å²) in [7, 11) is 0. The zero-order valence-electron chi connectivity index (χ0n) is 12.7. The first kappa shape index (κ1) is 16.9. The minimum absolute atomic E-state index is 0.0956. The molecular weight excluding hydrogens is 270 g/mol. The van der Waals surface area contributed by atoms with Crippen LogP contribution in [0.3, 0.4) is 0 Å². The van der Waals surface area contributed by atoms with Gasteiger partial charge < -0.3 is 15.7 Å². The van der Waals surface area contributed by atoms with E-state index in [1.807, 2.05) is 6.92 Å². The number of amides is 2. The van der Waals surface area contributed by atoms with Gasteiger partial charge in [0, 0.05) is 12.2 Å². The Morgan fingerprint density at radius 3 is 2.71 bits per heavy atom. The largest absolute Gasteiger partial charge is 0.478 e. The van der Waals surface area contributed by atoms with E-state index in [2.05, 4.69) is 29.5 Å². The molecule has 2 unspecified atom stereocenters. The van der Waals surface area contributed by atoms with Gasteiger partial charge in [0.1, 0.15) is 0 Å². The van der Waals surface area contributed by atoms with Crippen molar-refractivity contribution in [2.24, 2.45) is 5.92 Å². The summed E-state index contributed by atoms with van der Waals surface area (Å²) in [6.07, 6.45) is 3.43. The molecule has 6 nitrogen and oxygen atoms in total. The number of nitrogens with zero attached hydrogens (tertiary/aromatic N) is 1. The number of hydrogen-bond donors (Lipinski definition) is 3. The molecule has 2 amide bonds. The number of urea groups is 1. The van der Waals surface area contributed by atoms with Crippen LogP contribution in [0.25, 0.3) is 0 Å². The maximum atomic E-state index is 11.7. The van der Waals surface area contributed by atoms with Crippen molar-refractivity contribution < 1.29 is 14.7 Å². The zero-order valence-corrected chi connectivity index (χ0v) is 12.7. The predicted molar refractivity (Wildman–Crippen MR) is 80.1 cm³/mol. The van der Waals surface area contributed by atoms with Gasteiger partial charge in [-0.3, -0.25) is 4.98 Å². The fourth-order valence-electron chi connectivity index (χ4n) is 1.98. The summed E-state index contributed by atoms with van der Waals surface area (Å²) in [6.45, 7) is 6.44. The molecule has 1 aromatic rings. The minimum atomic E-state index is -1.01. The molecule has 0 aliphatic carbocycles. The van der Waals surface area contributed by atoms with Crippen molar-refractivity contribution in [2.75, 3.05) is 0 Å². The SMILES string of the molecule is CCC(C)CC(C)NC(=O)NCc1cc(C(=O)O)ccn1. The van der Waals surface area contributed by atoms with Gasteiger partial charge in [-0.1, -0.05) is 20.3 Å². The van der Waals surface area contributed by atoms with Gasteiger partial charge in [0.05, 0.1) is 17.8 Å². The van der Waals surface area contributed by atoms with Crippen molar-refractivity contribution in [1.82, 2.24) is 15.6 Å². The van der Waals surface area contributed by atoms with E-state index >= 15 is 0 Å². The molecule has 1 heterocycles. The smallest absolute Gasteiger partial charge is 0.335 e. The Labute approximate surface area is 125 Å². The number of aromatic carboxylic acids is 1. The van der Waals surface area contributed by atoms with Crippen LogP contribution < -0.4 is 10.6 Å². The van der Waals surface area contributed by atoms with Crippen molar-refractivity contribution in [3.63, 3.8) is 0 Å². The van der Waals surface area contributed by atoms with E-state index < -0.39 is 5.97 Å². The lowest BCUT2D eigenvalue weighted by Crippen LogP contribution is -2.41. The highest BCUT2D eigenvalue weighted by atomic mass is 16.4. The molecule has 1 rings (SSSR count). The Morgan fingerprint density at radius 2 is 2.10 bits per heavy atom. The Hall–Kier alpha value is -2.11. The lowest BCUT2D eigenvalue weighted by Gasteiger charge is -2.17. The van der Waals surface area contributed by atoms with E-state index in [1.54, 1.807) is 0 Å². The number of carbonyl (C=O) groups excluding carboxylic acids is 1. The number of aromatic nitrogens is 1. The summed E-state index contributed by atoms with van der Waals surface area (Å²) in [5.41, 5.74) is 0.673. The number of carboxylic acid groups (broad SMARTS) is 1. The second kappa shape index (κ2) is 8.24. The molecule has 6 heteroatoms. The van der Waals surface area contributed by atoms with E-state index in [1.165, 1.54) is 18.3 Å². The van der Waals surface area contributed by atoms with Gasteiger partial charge in [0.15, 0.2) is 0 Å². The first-order valence-electron chi connectivity index (χ1n) is 7.15. The summed E-state index contributed by atoms with van der Waals surface area (Å²) in [5, 5.41) is 14.4. The second-order valence-corrected chi connectivity index (χ2v) is 5.32. The highest BCUT2D eigenvalue weighted by molar-refractivity contribution is 5.87. The van der Waals surface area contributed by atoms with Crippen LogP contribution in [0.15, 0.2) is 18.3 Å². The van der Waals surface area contributed by atoms with Crippen molar-refractivity contribution >= 4 is 12.0 Å². The molecular formula is C15H23N3O3. The maximum absolute atomic E-state index is 11.7. The molecule has 0 aromatic carbocycles. The summed E-state index contributed by atoms with van der Waals surface area (Å²) >= 11 is 0. The average molecular weight is 293 g/mol. The molecule has 3 N–H and O–H groups in total. The Balaban J connectivity index is 2.42. The van der Waals surface area contributed by atoms with Crippen molar-refractivity contribution in [1.29, 1.82) is 0 Å². The van der Waals surface area contributed by atoms with Crippen LogP contribution in [0.2, 0.25) is 0 Å². The first-order chi connectivity index (χ1) is 9.92. The van der Waals surface area contributed by atoms with Crippen LogP contribution in [0.5, 0.6) is 0 Å². The summed E-state index contributed by atoms with van der Waals surface area (Å²) < 4.78 is 0. The van der Waals surface area contributed by atoms with Gasteiger partial charge in [-0.05, 0) is 31.4 Å². The minimum Gasteiger partial charge on any atom is -0.478 e. The number of pyridine rings is 1. The topological polar surface area (TPSA) is 91.3 Å². The molecule has 2 atom stereocenters. The summed E-state index contributed by atoms with van der Waals surface area (Å²) in [5.74, 6) is -0.445. The predicted octanol–water partition coefficient (Wildman–Crippen LogP) is 2.40. The number of hydrogen-bond acceptors (Lipinski definition) is 3. The first-order valence-corrected chi connectivity index (χ1v) is 7.15. The molecule has 0 saturated carbocycles. The maximum Gasteiger partial charge on any atom is 0.335 e. The van der Waals surface area contributed by atoms with Crippen molar-refractivity contribution in [2.45, 2.75) is 46.2 Å². The number of carbonyl (C=O) groups is 2. The Kier molecular flexibility index (Phi) is 6.65. The molecule has 0 aliphatic rings. The van der Waals surface area contributed by atoms with Crippen LogP contribution in [0.4, 0.5) is 4.79 Å². The van der Waals surface area contributed by atoms with Crippen LogP contribution in [-0.4, -0.2) is 28.1 Å². The molecule has 0 radical (unpaired) electrons. The standard InChI is InChI=1S/C15H23N3O3/c1-4-10(2)7-11(3)18-15(21)17-9-13-8-12(14(19)20)5-6-16-13/h5-6,8,10-11H,4,7,9H2,1-3H3,(H,19,20)(H2,17,18,21). The lowest BCUT2D eigenvalue weighted by atomic mass is 10.0. The summed E-state index contributed by atoms with van der Waals surface area (Å²) in [4.78, 5) is 26.6. The van der Waals surface area contributed by atoms with Gasteiger partial charge in [-0.25, -0.2) is 9.59 Å².